The van der Waals surface area contributed by atoms with Crippen LogP contribution in [0.25, 0.3) is 0 Å². The van der Waals surface area contributed by atoms with Gasteiger partial charge < -0.3 is 13.9 Å². The highest BCUT2D eigenvalue weighted by atomic mass is 16.3. The van der Waals surface area contributed by atoms with Gasteiger partial charge in [0.15, 0.2) is 0 Å². The van der Waals surface area contributed by atoms with Gasteiger partial charge in [-0.1, -0.05) is 30.3 Å². The van der Waals surface area contributed by atoms with Gasteiger partial charge in [-0.3, -0.25) is 4.79 Å². The molecular formula is C19H20N2O2. The van der Waals surface area contributed by atoms with Crippen LogP contribution in [0.5, 0.6) is 0 Å². The van der Waals surface area contributed by atoms with E-state index in [1.807, 2.05) is 77.3 Å². The summed E-state index contributed by atoms with van der Waals surface area (Å²) in [7, 11) is 1.99. The van der Waals surface area contributed by atoms with Crippen LogP contribution in [0.4, 0.5) is 0 Å². The van der Waals surface area contributed by atoms with Crippen LogP contribution in [0.2, 0.25) is 0 Å². The van der Waals surface area contributed by atoms with Crippen LogP contribution < -0.4 is 0 Å². The topological polar surface area (TPSA) is 38.4 Å². The van der Waals surface area contributed by atoms with Crippen LogP contribution in [0, 0.1) is 0 Å². The second-order valence-electron chi connectivity index (χ2n) is 5.60. The first-order valence-electron chi connectivity index (χ1n) is 7.66. The van der Waals surface area contributed by atoms with E-state index in [2.05, 4.69) is 0 Å². The van der Waals surface area contributed by atoms with E-state index in [9.17, 15) is 4.79 Å². The van der Waals surface area contributed by atoms with E-state index in [1.54, 1.807) is 6.26 Å². The molecular weight excluding hydrogens is 288 g/mol. The molecule has 3 aromatic rings. The van der Waals surface area contributed by atoms with Crippen molar-refractivity contribution >= 4 is 5.91 Å². The zero-order valence-electron chi connectivity index (χ0n) is 13.2. The van der Waals surface area contributed by atoms with E-state index in [1.165, 1.54) is 0 Å². The zero-order valence-corrected chi connectivity index (χ0v) is 13.2. The first kappa shape index (κ1) is 15.2. The number of benzene rings is 1. The number of carbonyl (C=O) groups is 1. The minimum Gasteiger partial charge on any atom is -0.467 e. The molecule has 0 aliphatic carbocycles. The van der Waals surface area contributed by atoms with Gasteiger partial charge in [0.1, 0.15) is 5.76 Å². The molecule has 23 heavy (non-hydrogen) atoms. The standard InChI is InChI=1S/C19H20N2O2/c1-20-11-5-9-17(20)14-21(15-18-10-6-12-23-18)19(22)13-16-7-3-2-4-8-16/h2-12H,13-15H2,1H3. The molecule has 1 amide bonds. The summed E-state index contributed by atoms with van der Waals surface area (Å²) in [6, 6.07) is 17.6. The van der Waals surface area contributed by atoms with Gasteiger partial charge in [0.25, 0.3) is 0 Å². The third-order valence-corrected chi connectivity index (χ3v) is 3.88. The maximum absolute atomic E-state index is 12.8. The molecule has 118 valence electrons. The highest BCUT2D eigenvalue weighted by molar-refractivity contribution is 5.78. The van der Waals surface area contributed by atoms with Gasteiger partial charge in [-0.05, 0) is 29.8 Å². The van der Waals surface area contributed by atoms with E-state index < -0.39 is 0 Å². The smallest absolute Gasteiger partial charge is 0.227 e. The van der Waals surface area contributed by atoms with Gasteiger partial charge in [0.05, 0.1) is 25.8 Å². The maximum Gasteiger partial charge on any atom is 0.227 e. The van der Waals surface area contributed by atoms with Crippen LogP contribution in [0.1, 0.15) is 17.0 Å². The van der Waals surface area contributed by atoms with Crippen molar-refractivity contribution in [2.75, 3.05) is 0 Å². The summed E-state index contributed by atoms with van der Waals surface area (Å²) in [6.45, 7) is 1.04. The quantitative estimate of drug-likeness (QED) is 0.700. The van der Waals surface area contributed by atoms with Crippen LogP contribution in [0.15, 0.2) is 71.5 Å². The number of nitrogens with zero attached hydrogens (tertiary/aromatic N) is 2. The normalized spacial score (nSPS) is 10.7. The Hall–Kier alpha value is -2.75. The number of furan rings is 1. The van der Waals surface area contributed by atoms with Gasteiger partial charge in [-0.2, -0.15) is 0 Å². The van der Waals surface area contributed by atoms with Gasteiger partial charge in [0.2, 0.25) is 5.91 Å². The molecule has 0 aliphatic heterocycles. The van der Waals surface area contributed by atoms with Crippen molar-refractivity contribution in [3.05, 3.63) is 84.1 Å². The lowest BCUT2D eigenvalue weighted by molar-refractivity contribution is -0.132. The van der Waals surface area contributed by atoms with Gasteiger partial charge in [0, 0.05) is 18.9 Å². The molecule has 0 unspecified atom stereocenters. The number of hydrogen-bond donors (Lipinski definition) is 0. The summed E-state index contributed by atoms with van der Waals surface area (Å²) in [4.78, 5) is 14.6. The molecule has 4 nitrogen and oxygen atoms in total. The van der Waals surface area contributed by atoms with Crippen molar-refractivity contribution in [3.63, 3.8) is 0 Å². The van der Waals surface area contributed by atoms with Gasteiger partial charge in [-0.15, -0.1) is 0 Å². The van der Waals surface area contributed by atoms with Gasteiger partial charge >= 0.3 is 0 Å². The number of aryl methyl sites for hydroxylation is 1. The predicted molar refractivity (Wildman–Crippen MR) is 88.5 cm³/mol. The third-order valence-electron chi connectivity index (χ3n) is 3.88. The van der Waals surface area contributed by atoms with Crippen molar-refractivity contribution in [1.29, 1.82) is 0 Å². The molecule has 0 spiro atoms. The summed E-state index contributed by atoms with van der Waals surface area (Å²) >= 11 is 0. The molecule has 2 heterocycles. The highest BCUT2D eigenvalue weighted by Gasteiger charge is 2.17. The van der Waals surface area contributed by atoms with Crippen molar-refractivity contribution < 1.29 is 9.21 Å². The number of carbonyl (C=O) groups excluding carboxylic acids is 1. The van der Waals surface area contributed by atoms with E-state index in [-0.39, 0.29) is 5.91 Å². The van der Waals surface area contributed by atoms with Crippen LogP contribution in [0.3, 0.4) is 0 Å². The average Bonchev–Trinajstić information content (AvgIpc) is 3.20. The second kappa shape index (κ2) is 7.01. The maximum atomic E-state index is 12.8. The van der Waals surface area contributed by atoms with E-state index in [0.29, 0.717) is 19.5 Å². The second-order valence-corrected chi connectivity index (χ2v) is 5.60. The molecule has 0 bridgehead atoms. The molecule has 3 rings (SSSR count). The number of aromatic nitrogens is 1. The molecule has 0 saturated carbocycles. The van der Waals surface area contributed by atoms with Crippen molar-refractivity contribution in [2.45, 2.75) is 19.5 Å². The van der Waals surface area contributed by atoms with Crippen molar-refractivity contribution in [1.82, 2.24) is 9.47 Å². The number of hydrogen-bond acceptors (Lipinski definition) is 2. The Morgan fingerprint density at radius 3 is 2.52 bits per heavy atom. The lowest BCUT2D eigenvalue weighted by Crippen LogP contribution is -2.32. The predicted octanol–water partition coefficient (Wildman–Crippen LogP) is 3.39. The Bertz CT molecular complexity index is 745. The fraction of sp³-hybridized carbons (Fsp3) is 0.211. The first-order valence-corrected chi connectivity index (χ1v) is 7.66. The van der Waals surface area contributed by atoms with E-state index in [0.717, 1.165) is 17.0 Å². The largest absolute Gasteiger partial charge is 0.467 e. The fourth-order valence-corrected chi connectivity index (χ4v) is 2.56. The SMILES string of the molecule is Cn1cccc1CN(Cc1ccco1)C(=O)Cc1ccccc1. The summed E-state index contributed by atoms with van der Waals surface area (Å²) < 4.78 is 7.45. The van der Waals surface area contributed by atoms with Crippen LogP contribution in [-0.2, 0) is 31.4 Å². The molecule has 2 aromatic heterocycles. The van der Waals surface area contributed by atoms with Crippen molar-refractivity contribution in [3.8, 4) is 0 Å². The van der Waals surface area contributed by atoms with Crippen LogP contribution in [-0.4, -0.2) is 15.4 Å². The molecule has 0 atom stereocenters. The Morgan fingerprint density at radius 2 is 1.87 bits per heavy atom. The average molecular weight is 308 g/mol. The summed E-state index contributed by atoms with van der Waals surface area (Å²) in [6.07, 6.45) is 4.02. The number of amides is 1. The molecule has 0 saturated heterocycles. The minimum absolute atomic E-state index is 0.0915. The molecule has 1 aromatic carbocycles. The molecule has 0 aliphatic rings. The Kier molecular flexibility index (Phi) is 4.62. The molecule has 0 radical (unpaired) electrons. The molecule has 0 fully saturated rings. The monoisotopic (exact) mass is 308 g/mol. The lowest BCUT2D eigenvalue weighted by atomic mass is 10.1. The Labute approximate surface area is 136 Å². The minimum atomic E-state index is 0.0915. The van der Waals surface area contributed by atoms with Crippen molar-refractivity contribution in [2.24, 2.45) is 7.05 Å². The fourth-order valence-electron chi connectivity index (χ4n) is 2.56. The summed E-state index contributed by atoms with van der Waals surface area (Å²) in [5.74, 6) is 0.884. The first-order chi connectivity index (χ1) is 11.2. The molecule has 4 heteroatoms. The van der Waals surface area contributed by atoms with E-state index >= 15 is 0 Å². The van der Waals surface area contributed by atoms with E-state index in [4.69, 9.17) is 4.42 Å². The summed E-state index contributed by atoms with van der Waals surface area (Å²) in [5.41, 5.74) is 2.12. The van der Waals surface area contributed by atoms with Gasteiger partial charge in [-0.25, -0.2) is 0 Å². The Balaban J connectivity index is 1.76. The third kappa shape index (κ3) is 3.92. The lowest BCUT2D eigenvalue weighted by Gasteiger charge is -2.22. The Morgan fingerprint density at radius 1 is 1.04 bits per heavy atom. The summed E-state index contributed by atoms with van der Waals surface area (Å²) in [5, 5.41) is 0. The number of rotatable bonds is 6. The molecule has 0 N–H and O–H groups in total. The zero-order chi connectivity index (χ0) is 16.1. The van der Waals surface area contributed by atoms with Crippen LogP contribution >= 0.6 is 0 Å². The highest BCUT2D eigenvalue weighted by Crippen LogP contribution is 2.13.